The lowest BCUT2D eigenvalue weighted by Gasteiger charge is -2.06. The minimum Gasteiger partial charge on any atom is -0.398 e. The average molecular weight is 249 g/mol. The average Bonchev–Trinajstić information content (AvgIpc) is 2.29. The van der Waals surface area contributed by atoms with Crippen LogP contribution in [0.4, 0.5) is 5.69 Å². The summed E-state index contributed by atoms with van der Waals surface area (Å²) in [4.78, 5) is 4.14. The van der Waals surface area contributed by atoms with Gasteiger partial charge in [-0.25, -0.2) is 13.6 Å². The molecule has 1 heterocycles. The summed E-state index contributed by atoms with van der Waals surface area (Å²) in [6.07, 6.45) is 1.61. The molecule has 6 heteroatoms. The van der Waals surface area contributed by atoms with Gasteiger partial charge in [-0.2, -0.15) is 0 Å². The maximum Gasteiger partial charge on any atom is 0.238 e. The van der Waals surface area contributed by atoms with Gasteiger partial charge in [0.25, 0.3) is 0 Å². The molecule has 0 unspecified atom stereocenters. The number of nitrogens with two attached hydrogens (primary N) is 2. The van der Waals surface area contributed by atoms with E-state index in [-0.39, 0.29) is 4.90 Å². The second-order valence-electron chi connectivity index (χ2n) is 3.51. The normalized spacial score (nSPS) is 11.4. The Morgan fingerprint density at radius 2 is 1.88 bits per heavy atom. The van der Waals surface area contributed by atoms with Crippen LogP contribution in [0, 0.1) is 0 Å². The molecule has 2 rings (SSSR count). The first kappa shape index (κ1) is 11.6. The van der Waals surface area contributed by atoms with Crippen LogP contribution in [0.2, 0.25) is 0 Å². The SMILES string of the molecule is Nc1ccc(S(N)(=O)=O)cc1-c1ccccn1. The molecule has 88 valence electrons. The molecule has 0 atom stereocenters. The first-order valence-corrected chi connectivity index (χ1v) is 6.37. The summed E-state index contributed by atoms with van der Waals surface area (Å²) in [5.74, 6) is 0. The van der Waals surface area contributed by atoms with E-state index in [0.717, 1.165) is 0 Å². The van der Waals surface area contributed by atoms with Crippen molar-refractivity contribution in [3.05, 3.63) is 42.6 Å². The molecule has 1 aromatic carbocycles. The Morgan fingerprint density at radius 1 is 1.12 bits per heavy atom. The Labute approximate surface area is 99.1 Å². The Morgan fingerprint density at radius 3 is 2.47 bits per heavy atom. The van der Waals surface area contributed by atoms with E-state index in [2.05, 4.69) is 4.98 Å². The first-order valence-electron chi connectivity index (χ1n) is 4.82. The summed E-state index contributed by atoms with van der Waals surface area (Å²) >= 11 is 0. The highest BCUT2D eigenvalue weighted by molar-refractivity contribution is 7.89. The molecule has 0 saturated heterocycles. The van der Waals surface area contributed by atoms with E-state index in [1.54, 1.807) is 24.4 Å². The highest BCUT2D eigenvalue weighted by Gasteiger charge is 2.11. The molecule has 0 aliphatic carbocycles. The second kappa shape index (κ2) is 4.15. The van der Waals surface area contributed by atoms with Crippen molar-refractivity contribution in [3.8, 4) is 11.3 Å². The van der Waals surface area contributed by atoms with Crippen molar-refractivity contribution < 1.29 is 8.42 Å². The van der Waals surface area contributed by atoms with Crippen molar-refractivity contribution in [2.24, 2.45) is 5.14 Å². The summed E-state index contributed by atoms with van der Waals surface area (Å²) in [6, 6.07) is 9.61. The number of hydrogen-bond donors (Lipinski definition) is 2. The molecule has 0 bridgehead atoms. The number of sulfonamides is 1. The van der Waals surface area contributed by atoms with E-state index >= 15 is 0 Å². The number of anilines is 1. The highest BCUT2D eigenvalue weighted by atomic mass is 32.2. The summed E-state index contributed by atoms with van der Waals surface area (Å²) in [6.45, 7) is 0. The van der Waals surface area contributed by atoms with Gasteiger partial charge in [-0.05, 0) is 30.3 Å². The Bertz CT molecular complexity index is 639. The Hall–Kier alpha value is -1.92. The number of pyridine rings is 1. The van der Waals surface area contributed by atoms with E-state index < -0.39 is 10.0 Å². The maximum absolute atomic E-state index is 11.2. The molecule has 0 amide bonds. The summed E-state index contributed by atoms with van der Waals surface area (Å²) in [7, 11) is -3.73. The molecule has 0 saturated carbocycles. The van der Waals surface area contributed by atoms with Crippen molar-refractivity contribution in [1.29, 1.82) is 0 Å². The summed E-state index contributed by atoms with van der Waals surface area (Å²) < 4.78 is 22.5. The molecular formula is C11H11N3O2S. The number of primary sulfonamides is 1. The second-order valence-corrected chi connectivity index (χ2v) is 5.07. The fourth-order valence-corrected chi connectivity index (χ4v) is 2.00. The third kappa shape index (κ3) is 2.43. The van der Waals surface area contributed by atoms with Crippen molar-refractivity contribution in [2.45, 2.75) is 4.90 Å². The van der Waals surface area contributed by atoms with Crippen LogP contribution in [0.1, 0.15) is 0 Å². The van der Waals surface area contributed by atoms with Gasteiger partial charge in [0.15, 0.2) is 0 Å². The van der Waals surface area contributed by atoms with Crippen molar-refractivity contribution in [2.75, 3.05) is 5.73 Å². The monoisotopic (exact) mass is 249 g/mol. The van der Waals surface area contributed by atoms with Gasteiger partial charge in [-0.3, -0.25) is 4.98 Å². The lowest BCUT2D eigenvalue weighted by Crippen LogP contribution is -2.12. The van der Waals surface area contributed by atoms with E-state index in [1.807, 2.05) is 0 Å². The molecule has 17 heavy (non-hydrogen) atoms. The number of rotatable bonds is 2. The lowest BCUT2D eigenvalue weighted by molar-refractivity contribution is 0.598. The predicted octanol–water partition coefficient (Wildman–Crippen LogP) is 0.978. The van der Waals surface area contributed by atoms with Gasteiger partial charge in [0, 0.05) is 17.4 Å². The Kier molecular flexibility index (Phi) is 2.83. The minimum atomic E-state index is -3.73. The van der Waals surface area contributed by atoms with Gasteiger partial charge >= 0.3 is 0 Å². The zero-order chi connectivity index (χ0) is 12.5. The van der Waals surface area contributed by atoms with E-state index in [4.69, 9.17) is 10.9 Å². The predicted molar refractivity (Wildman–Crippen MR) is 65.5 cm³/mol. The number of nitrogens with zero attached hydrogens (tertiary/aromatic N) is 1. The topological polar surface area (TPSA) is 99.1 Å². The van der Waals surface area contributed by atoms with Gasteiger partial charge in [0.05, 0.1) is 10.6 Å². The molecule has 0 fully saturated rings. The maximum atomic E-state index is 11.2. The van der Waals surface area contributed by atoms with Crippen LogP contribution in [0.15, 0.2) is 47.5 Å². The molecule has 1 aromatic heterocycles. The molecule has 4 N–H and O–H groups in total. The van der Waals surface area contributed by atoms with Crippen LogP contribution in [0.3, 0.4) is 0 Å². The quantitative estimate of drug-likeness (QED) is 0.775. The molecule has 0 radical (unpaired) electrons. The van der Waals surface area contributed by atoms with Crippen LogP contribution < -0.4 is 10.9 Å². The van der Waals surface area contributed by atoms with E-state index in [9.17, 15) is 8.42 Å². The third-order valence-corrected chi connectivity index (χ3v) is 3.21. The summed E-state index contributed by atoms with van der Waals surface area (Å²) in [5, 5.41) is 5.06. The molecule has 0 spiro atoms. The van der Waals surface area contributed by atoms with Crippen LogP contribution >= 0.6 is 0 Å². The lowest BCUT2D eigenvalue weighted by atomic mass is 10.1. The van der Waals surface area contributed by atoms with Gasteiger partial charge in [-0.1, -0.05) is 6.07 Å². The van der Waals surface area contributed by atoms with Gasteiger partial charge in [-0.15, -0.1) is 0 Å². The zero-order valence-corrected chi connectivity index (χ0v) is 9.68. The van der Waals surface area contributed by atoms with Gasteiger partial charge in [0.2, 0.25) is 10.0 Å². The van der Waals surface area contributed by atoms with Crippen molar-refractivity contribution in [1.82, 2.24) is 4.98 Å². The number of nitrogen functional groups attached to an aromatic ring is 1. The van der Waals surface area contributed by atoms with Crippen LogP contribution in [-0.4, -0.2) is 13.4 Å². The number of hydrogen-bond acceptors (Lipinski definition) is 4. The standard InChI is InChI=1S/C11H11N3O2S/c12-10-5-4-8(17(13,15)16)7-9(10)11-3-1-2-6-14-11/h1-7H,12H2,(H2,13,15,16). The third-order valence-electron chi connectivity index (χ3n) is 2.29. The van der Waals surface area contributed by atoms with Crippen LogP contribution in [0.5, 0.6) is 0 Å². The molecule has 2 aromatic rings. The fraction of sp³-hybridized carbons (Fsp3) is 0. The highest BCUT2D eigenvalue weighted by Crippen LogP contribution is 2.26. The molecule has 0 aliphatic rings. The first-order chi connectivity index (χ1) is 7.98. The Balaban J connectivity index is 2.63. The zero-order valence-electron chi connectivity index (χ0n) is 8.87. The largest absolute Gasteiger partial charge is 0.398 e. The van der Waals surface area contributed by atoms with Gasteiger partial charge in [0.1, 0.15) is 0 Å². The smallest absolute Gasteiger partial charge is 0.238 e. The van der Waals surface area contributed by atoms with Crippen LogP contribution in [-0.2, 0) is 10.0 Å². The van der Waals surface area contributed by atoms with Crippen molar-refractivity contribution in [3.63, 3.8) is 0 Å². The van der Waals surface area contributed by atoms with Gasteiger partial charge < -0.3 is 5.73 Å². The number of aromatic nitrogens is 1. The van der Waals surface area contributed by atoms with E-state index in [1.165, 1.54) is 18.2 Å². The van der Waals surface area contributed by atoms with E-state index in [0.29, 0.717) is 16.9 Å². The van der Waals surface area contributed by atoms with Crippen LogP contribution in [0.25, 0.3) is 11.3 Å². The summed E-state index contributed by atoms with van der Waals surface area (Å²) in [5.41, 5.74) is 7.40. The fourth-order valence-electron chi connectivity index (χ4n) is 1.46. The molecule has 5 nitrogen and oxygen atoms in total. The minimum absolute atomic E-state index is 0.0207. The van der Waals surface area contributed by atoms with Crippen molar-refractivity contribution >= 4 is 15.7 Å². The number of benzene rings is 1. The molecule has 0 aliphatic heterocycles. The molecular weight excluding hydrogens is 238 g/mol.